The lowest BCUT2D eigenvalue weighted by Gasteiger charge is -1.93. The van der Waals surface area contributed by atoms with Crippen molar-refractivity contribution in [2.45, 2.75) is 19.8 Å². The summed E-state index contributed by atoms with van der Waals surface area (Å²) in [5.41, 5.74) is 21.0. The molecule has 0 fully saturated rings. The predicted molar refractivity (Wildman–Crippen MR) is 62.5 cm³/mol. The highest BCUT2D eigenvalue weighted by molar-refractivity contribution is 6.30. The third-order valence-corrected chi connectivity index (χ3v) is 1.18. The molecule has 0 saturated heterocycles. The van der Waals surface area contributed by atoms with Crippen molar-refractivity contribution in [1.29, 1.82) is 0 Å². The molecule has 0 rings (SSSR count). The summed E-state index contributed by atoms with van der Waals surface area (Å²) in [6.07, 6.45) is 2.96. The average Bonchev–Trinajstić information content (AvgIpc) is 2.13. The van der Waals surface area contributed by atoms with Crippen LogP contribution in [0.5, 0.6) is 0 Å². The Bertz CT molecular complexity index is 292. The van der Waals surface area contributed by atoms with Gasteiger partial charge >= 0.3 is 0 Å². The van der Waals surface area contributed by atoms with Crippen LogP contribution >= 0.6 is 0 Å². The summed E-state index contributed by atoms with van der Waals surface area (Å²) in [7, 11) is 0. The normalized spacial score (nSPS) is 11.4. The van der Waals surface area contributed by atoms with Gasteiger partial charge in [-0.05, 0) is 6.42 Å². The van der Waals surface area contributed by atoms with E-state index in [9.17, 15) is 0 Å². The lowest BCUT2D eigenvalue weighted by atomic mass is 10.2. The zero-order chi connectivity index (χ0) is 11.7. The molecule has 0 amide bonds. The van der Waals surface area contributed by atoms with E-state index in [1.54, 1.807) is 0 Å². The van der Waals surface area contributed by atoms with E-state index >= 15 is 0 Å². The summed E-state index contributed by atoms with van der Waals surface area (Å²) < 4.78 is 0. The molecule has 8 N–H and O–H groups in total. The quantitative estimate of drug-likeness (QED) is 0.253. The van der Waals surface area contributed by atoms with Gasteiger partial charge in [-0.2, -0.15) is 10.2 Å². The molecule has 0 atom stereocenters. The van der Waals surface area contributed by atoms with Gasteiger partial charge in [-0.15, -0.1) is 10.2 Å². The van der Waals surface area contributed by atoms with E-state index in [4.69, 9.17) is 22.9 Å². The minimum absolute atomic E-state index is 0.112. The Hall–Kier alpha value is -2.12. The van der Waals surface area contributed by atoms with E-state index in [1.807, 2.05) is 6.92 Å². The summed E-state index contributed by atoms with van der Waals surface area (Å²) in [5.74, 6) is -0.234. The summed E-state index contributed by atoms with van der Waals surface area (Å²) >= 11 is 0. The third-order valence-electron chi connectivity index (χ3n) is 1.18. The molecule has 0 heterocycles. The highest BCUT2D eigenvalue weighted by atomic mass is 15.3. The number of rotatable bonds is 5. The highest BCUT2D eigenvalue weighted by Gasteiger charge is 1.93. The minimum Gasteiger partial charge on any atom is -0.369 e. The van der Waals surface area contributed by atoms with Crippen LogP contribution in [0.1, 0.15) is 19.8 Å². The van der Waals surface area contributed by atoms with E-state index in [0.29, 0.717) is 12.1 Å². The van der Waals surface area contributed by atoms with Gasteiger partial charge in [0.15, 0.2) is 0 Å². The number of nitrogens with zero attached hydrogens (tertiary/aromatic N) is 4. The van der Waals surface area contributed by atoms with Crippen LogP contribution in [0.3, 0.4) is 0 Å². The minimum atomic E-state index is -0.121. The molecule has 0 aromatic rings. The molecular formula is C7H16N8. The molecule has 15 heavy (non-hydrogen) atoms. The van der Waals surface area contributed by atoms with Gasteiger partial charge in [0.05, 0.1) is 11.9 Å². The average molecular weight is 212 g/mol. The van der Waals surface area contributed by atoms with Crippen LogP contribution in [0.2, 0.25) is 0 Å². The van der Waals surface area contributed by atoms with Crippen LogP contribution in [0.4, 0.5) is 0 Å². The first-order valence-corrected chi connectivity index (χ1v) is 4.33. The van der Waals surface area contributed by atoms with Crippen molar-refractivity contribution in [1.82, 2.24) is 0 Å². The summed E-state index contributed by atoms with van der Waals surface area (Å²) in [4.78, 5) is 0. The molecule has 0 aromatic carbocycles. The first-order valence-electron chi connectivity index (χ1n) is 4.33. The molecule has 0 spiro atoms. The first kappa shape index (κ1) is 12.9. The molecule has 0 radical (unpaired) electrons. The van der Waals surface area contributed by atoms with Crippen molar-refractivity contribution < 1.29 is 0 Å². The van der Waals surface area contributed by atoms with Crippen LogP contribution in [0.25, 0.3) is 0 Å². The van der Waals surface area contributed by atoms with Crippen molar-refractivity contribution in [2.75, 3.05) is 0 Å². The van der Waals surface area contributed by atoms with Crippen LogP contribution in [-0.2, 0) is 0 Å². The van der Waals surface area contributed by atoms with Gasteiger partial charge in [0.25, 0.3) is 0 Å². The maximum atomic E-state index is 5.12. The summed E-state index contributed by atoms with van der Waals surface area (Å²) in [6.45, 7) is 1.99. The third kappa shape index (κ3) is 8.22. The Labute approximate surface area is 87.8 Å². The van der Waals surface area contributed by atoms with Gasteiger partial charge in [0, 0.05) is 0 Å². The van der Waals surface area contributed by atoms with Crippen molar-refractivity contribution in [3.8, 4) is 0 Å². The summed E-state index contributed by atoms with van der Waals surface area (Å²) in [5, 5.41) is 14.3. The Morgan fingerprint density at radius 2 is 1.60 bits per heavy atom. The number of guanidine groups is 2. The lowest BCUT2D eigenvalue weighted by Crippen LogP contribution is -2.22. The SMILES string of the molecule is CCCC(/C=N/N=C(N)N)=N\N=C(N)N. The molecule has 0 unspecified atom stereocenters. The molecule has 84 valence electrons. The Morgan fingerprint density at radius 1 is 1.00 bits per heavy atom. The van der Waals surface area contributed by atoms with E-state index in [1.165, 1.54) is 6.21 Å². The maximum Gasteiger partial charge on any atom is 0.211 e. The number of hydrogen-bond donors (Lipinski definition) is 4. The molecule has 0 aliphatic heterocycles. The Kier molecular flexibility index (Phi) is 6.27. The van der Waals surface area contributed by atoms with Crippen molar-refractivity contribution in [2.24, 2.45) is 43.3 Å². The zero-order valence-electron chi connectivity index (χ0n) is 8.59. The molecule has 0 aliphatic rings. The second-order valence-electron chi connectivity index (χ2n) is 2.64. The molecule has 0 aromatic heterocycles. The molecule has 0 aliphatic carbocycles. The fourth-order valence-electron chi connectivity index (χ4n) is 0.681. The molecular weight excluding hydrogens is 196 g/mol. The van der Waals surface area contributed by atoms with E-state index in [2.05, 4.69) is 20.4 Å². The van der Waals surface area contributed by atoms with Gasteiger partial charge in [0.2, 0.25) is 11.9 Å². The van der Waals surface area contributed by atoms with Gasteiger partial charge in [-0.3, -0.25) is 0 Å². The van der Waals surface area contributed by atoms with Gasteiger partial charge in [-0.1, -0.05) is 13.3 Å². The highest BCUT2D eigenvalue weighted by Crippen LogP contribution is 1.91. The standard InChI is InChI=1S/C7H16N8/c1-2-3-5(13-15-7(10)11)4-12-14-6(8)9/h4H,2-3H2,1H3,(H4,8,9,14)(H4,10,11,15)/b12-4+,13-5+. The van der Waals surface area contributed by atoms with Gasteiger partial charge in [0.1, 0.15) is 0 Å². The number of hydrogen-bond acceptors (Lipinski definition) is 4. The molecule has 8 heteroatoms. The number of nitrogens with two attached hydrogens (primary N) is 4. The summed E-state index contributed by atoms with van der Waals surface area (Å²) in [6, 6.07) is 0. The molecule has 0 saturated carbocycles. The van der Waals surface area contributed by atoms with E-state index in [-0.39, 0.29) is 11.9 Å². The van der Waals surface area contributed by atoms with Crippen molar-refractivity contribution in [3.63, 3.8) is 0 Å². The second kappa shape index (κ2) is 7.30. The van der Waals surface area contributed by atoms with Gasteiger partial charge < -0.3 is 22.9 Å². The smallest absolute Gasteiger partial charge is 0.211 e. The predicted octanol–water partition coefficient (Wildman–Crippen LogP) is -1.32. The monoisotopic (exact) mass is 212 g/mol. The fourth-order valence-corrected chi connectivity index (χ4v) is 0.681. The second-order valence-corrected chi connectivity index (χ2v) is 2.64. The van der Waals surface area contributed by atoms with E-state index in [0.717, 1.165) is 6.42 Å². The van der Waals surface area contributed by atoms with Crippen LogP contribution in [0, 0.1) is 0 Å². The molecule has 8 nitrogen and oxygen atoms in total. The largest absolute Gasteiger partial charge is 0.369 e. The topological polar surface area (TPSA) is 154 Å². The van der Waals surface area contributed by atoms with Gasteiger partial charge in [-0.25, -0.2) is 0 Å². The fraction of sp³-hybridized carbons (Fsp3) is 0.429. The Morgan fingerprint density at radius 3 is 2.07 bits per heavy atom. The Balaban J connectivity index is 4.54. The lowest BCUT2D eigenvalue weighted by molar-refractivity contribution is 0.989. The van der Waals surface area contributed by atoms with Crippen LogP contribution in [0.15, 0.2) is 20.4 Å². The van der Waals surface area contributed by atoms with Crippen molar-refractivity contribution in [3.05, 3.63) is 0 Å². The van der Waals surface area contributed by atoms with Crippen LogP contribution in [-0.4, -0.2) is 23.8 Å². The molecule has 0 bridgehead atoms. The van der Waals surface area contributed by atoms with Crippen LogP contribution < -0.4 is 22.9 Å². The van der Waals surface area contributed by atoms with Crippen molar-refractivity contribution >= 4 is 23.8 Å². The zero-order valence-corrected chi connectivity index (χ0v) is 8.59. The maximum absolute atomic E-state index is 5.12. The van der Waals surface area contributed by atoms with E-state index < -0.39 is 0 Å². The first-order chi connectivity index (χ1) is 7.06.